The summed E-state index contributed by atoms with van der Waals surface area (Å²) in [6.07, 6.45) is 6.29. The second-order valence-corrected chi connectivity index (χ2v) is 3.02. The SMILES string of the molecule is O=C(O)CC1=CCC(Cl)C=C1. The van der Waals surface area contributed by atoms with Crippen molar-refractivity contribution in [3.8, 4) is 0 Å². The maximum Gasteiger partial charge on any atom is 0.307 e. The highest BCUT2D eigenvalue weighted by Gasteiger charge is 2.07. The third kappa shape index (κ3) is 2.76. The fourth-order valence-electron chi connectivity index (χ4n) is 0.944. The van der Waals surface area contributed by atoms with Crippen LogP contribution in [-0.4, -0.2) is 16.5 Å². The van der Waals surface area contributed by atoms with Crippen LogP contribution in [-0.2, 0) is 4.79 Å². The molecule has 1 unspecified atom stereocenters. The predicted octanol–water partition coefficient (Wildman–Crippen LogP) is 1.95. The Kier molecular flexibility index (Phi) is 2.71. The molecule has 0 heterocycles. The first kappa shape index (κ1) is 8.34. The first-order valence-corrected chi connectivity index (χ1v) is 3.85. The van der Waals surface area contributed by atoms with Crippen LogP contribution in [0.5, 0.6) is 0 Å². The Balaban J connectivity index is 2.50. The van der Waals surface area contributed by atoms with Crippen molar-refractivity contribution < 1.29 is 9.90 Å². The van der Waals surface area contributed by atoms with Crippen molar-refractivity contribution in [2.45, 2.75) is 18.2 Å². The van der Waals surface area contributed by atoms with Gasteiger partial charge in [0.15, 0.2) is 0 Å². The van der Waals surface area contributed by atoms with E-state index in [0.717, 1.165) is 12.0 Å². The number of carboxylic acid groups (broad SMARTS) is 1. The highest BCUT2D eigenvalue weighted by molar-refractivity contribution is 6.22. The Morgan fingerprint density at radius 3 is 3.00 bits per heavy atom. The molecule has 0 aromatic rings. The molecule has 0 aliphatic heterocycles. The summed E-state index contributed by atoms with van der Waals surface area (Å²) in [4.78, 5) is 10.2. The van der Waals surface area contributed by atoms with Gasteiger partial charge in [0.1, 0.15) is 0 Å². The zero-order valence-electron chi connectivity index (χ0n) is 5.96. The van der Waals surface area contributed by atoms with Gasteiger partial charge < -0.3 is 5.11 Å². The molecule has 11 heavy (non-hydrogen) atoms. The summed E-state index contributed by atoms with van der Waals surface area (Å²) in [6.45, 7) is 0. The molecule has 0 spiro atoms. The quantitative estimate of drug-likeness (QED) is 0.647. The van der Waals surface area contributed by atoms with Gasteiger partial charge in [-0.2, -0.15) is 0 Å². The summed E-state index contributed by atoms with van der Waals surface area (Å²) < 4.78 is 0. The van der Waals surface area contributed by atoms with Gasteiger partial charge >= 0.3 is 5.97 Å². The van der Waals surface area contributed by atoms with E-state index in [0.29, 0.717) is 0 Å². The number of rotatable bonds is 2. The second-order valence-electron chi connectivity index (χ2n) is 2.46. The van der Waals surface area contributed by atoms with E-state index in [9.17, 15) is 4.79 Å². The lowest BCUT2D eigenvalue weighted by molar-refractivity contribution is -0.136. The predicted molar refractivity (Wildman–Crippen MR) is 43.7 cm³/mol. The van der Waals surface area contributed by atoms with Crippen molar-refractivity contribution in [1.82, 2.24) is 0 Å². The molecule has 0 fully saturated rings. The number of allylic oxidation sites excluding steroid dienone is 3. The minimum atomic E-state index is -0.797. The molecule has 1 rings (SSSR count). The fraction of sp³-hybridized carbons (Fsp3) is 0.375. The molecule has 1 N–H and O–H groups in total. The molecule has 0 bridgehead atoms. The average Bonchev–Trinajstić information content (AvgIpc) is 1.93. The third-order valence-electron chi connectivity index (χ3n) is 1.48. The molecule has 0 aromatic carbocycles. The molecule has 1 aliphatic rings. The first-order chi connectivity index (χ1) is 5.18. The van der Waals surface area contributed by atoms with Crippen molar-refractivity contribution in [2.24, 2.45) is 0 Å². The minimum absolute atomic E-state index is 0.0348. The molecule has 0 aromatic heterocycles. The van der Waals surface area contributed by atoms with Crippen LogP contribution in [0.2, 0.25) is 0 Å². The molecule has 1 atom stereocenters. The standard InChI is InChI=1S/C8H9ClO2/c9-7-3-1-6(2-4-7)5-8(10)11/h1-3,7H,4-5H2,(H,10,11). The van der Waals surface area contributed by atoms with Crippen LogP contribution in [0.4, 0.5) is 0 Å². The van der Waals surface area contributed by atoms with Gasteiger partial charge in [-0.1, -0.05) is 18.2 Å². The van der Waals surface area contributed by atoms with Crippen molar-refractivity contribution in [3.63, 3.8) is 0 Å². The first-order valence-electron chi connectivity index (χ1n) is 3.41. The lowest BCUT2D eigenvalue weighted by Crippen LogP contribution is -2.01. The van der Waals surface area contributed by atoms with Crippen LogP contribution in [0.25, 0.3) is 0 Å². The molecular weight excluding hydrogens is 164 g/mol. The Bertz CT molecular complexity index is 218. The molecule has 0 saturated heterocycles. The Morgan fingerprint density at radius 2 is 2.55 bits per heavy atom. The zero-order chi connectivity index (χ0) is 8.27. The highest BCUT2D eigenvalue weighted by Crippen LogP contribution is 2.16. The van der Waals surface area contributed by atoms with Crippen LogP contribution in [0, 0.1) is 0 Å². The largest absolute Gasteiger partial charge is 0.481 e. The number of carboxylic acids is 1. The van der Waals surface area contributed by atoms with Gasteiger partial charge in [-0.25, -0.2) is 0 Å². The van der Waals surface area contributed by atoms with Crippen LogP contribution in [0.3, 0.4) is 0 Å². The van der Waals surface area contributed by atoms with E-state index in [1.807, 2.05) is 12.2 Å². The maximum absolute atomic E-state index is 10.2. The van der Waals surface area contributed by atoms with E-state index in [2.05, 4.69) is 0 Å². The lowest BCUT2D eigenvalue weighted by atomic mass is 10.0. The third-order valence-corrected chi connectivity index (χ3v) is 1.80. The Morgan fingerprint density at radius 1 is 1.82 bits per heavy atom. The maximum atomic E-state index is 10.2. The number of hydrogen-bond donors (Lipinski definition) is 1. The van der Waals surface area contributed by atoms with Gasteiger partial charge in [0.2, 0.25) is 0 Å². The van der Waals surface area contributed by atoms with E-state index >= 15 is 0 Å². The number of aliphatic carboxylic acids is 1. The molecule has 3 heteroatoms. The van der Waals surface area contributed by atoms with E-state index in [1.165, 1.54) is 0 Å². The minimum Gasteiger partial charge on any atom is -0.481 e. The van der Waals surface area contributed by atoms with Gasteiger partial charge in [0.25, 0.3) is 0 Å². The number of hydrogen-bond acceptors (Lipinski definition) is 1. The topological polar surface area (TPSA) is 37.3 Å². The average molecular weight is 173 g/mol. The second kappa shape index (κ2) is 3.58. The summed E-state index contributed by atoms with van der Waals surface area (Å²) in [7, 11) is 0. The van der Waals surface area contributed by atoms with Crippen LogP contribution >= 0.6 is 11.6 Å². The molecule has 0 amide bonds. The Hall–Kier alpha value is -0.760. The normalized spacial score (nSPS) is 23.0. The number of halogens is 1. The van der Waals surface area contributed by atoms with Gasteiger partial charge in [-0.3, -0.25) is 4.79 Å². The van der Waals surface area contributed by atoms with Gasteiger partial charge in [-0.05, 0) is 12.0 Å². The van der Waals surface area contributed by atoms with Crippen LogP contribution in [0.1, 0.15) is 12.8 Å². The van der Waals surface area contributed by atoms with E-state index in [1.54, 1.807) is 6.08 Å². The zero-order valence-corrected chi connectivity index (χ0v) is 6.71. The van der Waals surface area contributed by atoms with Crippen molar-refractivity contribution in [3.05, 3.63) is 23.8 Å². The van der Waals surface area contributed by atoms with E-state index in [4.69, 9.17) is 16.7 Å². The van der Waals surface area contributed by atoms with Gasteiger partial charge in [0.05, 0.1) is 11.8 Å². The number of carbonyl (C=O) groups is 1. The Labute approximate surface area is 70.2 Å². The molecule has 0 radical (unpaired) electrons. The molecular formula is C8H9ClO2. The summed E-state index contributed by atoms with van der Waals surface area (Å²) in [5.74, 6) is -0.797. The molecule has 0 saturated carbocycles. The summed E-state index contributed by atoms with van der Waals surface area (Å²) in [5.41, 5.74) is 0.842. The van der Waals surface area contributed by atoms with E-state index < -0.39 is 5.97 Å². The van der Waals surface area contributed by atoms with Crippen LogP contribution in [0.15, 0.2) is 23.8 Å². The lowest BCUT2D eigenvalue weighted by Gasteiger charge is -2.07. The molecule has 1 aliphatic carbocycles. The summed E-state index contributed by atoms with van der Waals surface area (Å²) >= 11 is 5.74. The van der Waals surface area contributed by atoms with Crippen LogP contribution < -0.4 is 0 Å². The number of alkyl halides is 1. The molecule has 60 valence electrons. The van der Waals surface area contributed by atoms with Gasteiger partial charge in [0, 0.05) is 0 Å². The fourth-order valence-corrected chi connectivity index (χ4v) is 1.11. The van der Waals surface area contributed by atoms with Crippen molar-refractivity contribution in [2.75, 3.05) is 0 Å². The summed E-state index contributed by atoms with van der Waals surface area (Å²) in [5, 5.41) is 8.46. The van der Waals surface area contributed by atoms with Gasteiger partial charge in [-0.15, -0.1) is 11.6 Å². The van der Waals surface area contributed by atoms with Crippen molar-refractivity contribution >= 4 is 17.6 Å². The highest BCUT2D eigenvalue weighted by atomic mass is 35.5. The van der Waals surface area contributed by atoms with E-state index in [-0.39, 0.29) is 11.8 Å². The molecule has 2 nitrogen and oxygen atoms in total. The smallest absolute Gasteiger partial charge is 0.307 e. The van der Waals surface area contributed by atoms with Crippen molar-refractivity contribution in [1.29, 1.82) is 0 Å². The summed E-state index contributed by atoms with van der Waals surface area (Å²) in [6, 6.07) is 0. The monoisotopic (exact) mass is 172 g/mol.